The number of amides is 2. The molecule has 1 saturated heterocycles. The molecule has 0 unspecified atom stereocenters. The molecule has 2 heterocycles. The van der Waals surface area contributed by atoms with Gasteiger partial charge in [0, 0.05) is 18.0 Å². The topological polar surface area (TPSA) is 58.6 Å². The number of hydrogen-bond donors (Lipinski definition) is 1. The minimum absolute atomic E-state index is 0.0307. The van der Waals surface area contributed by atoms with E-state index in [0.29, 0.717) is 36.9 Å². The fourth-order valence-corrected chi connectivity index (χ4v) is 5.89. The monoisotopic (exact) mass is 434 g/mol. The molecular formula is C25H26N2O3S. The van der Waals surface area contributed by atoms with E-state index in [2.05, 4.69) is 23.5 Å². The zero-order valence-electron chi connectivity index (χ0n) is 17.5. The smallest absolute Gasteiger partial charge is 0.257 e. The van der Waals surface area contributed by atoms with E-state index in [1.807, 2.05) is 29.2 Å². The molecule has 0 bridgehead atoms. The van der Waals surface area contributed by atoms with E-state index in [0.717, 1.165) is 47.6 Å². The number of nitrogens with zero attached hydrogens (tertiary/aromatic N) is 1. The Hall–Kier alpha value is -2.70. The zero-order valence-corrected chi connectivity index (χ0v) is 18.3. The average molecular weight is 435 g/mol. The first kappa shape index (κ1) is 20.2. The second kappa shape index (κ2) is 8.81. The van der Waals surface area contributed by atoms with Crippen LogP contribution >= 0.6 is 11.3 Å². The van der Waals surface area contributed by atoms with Gasteiger partial charge in [-0.15, -0.1) is 11.3 Å². The van der Waals surface area contributed by atoms with Gasteiger partial charge in [-0.25, -0.2) is 0 Å². The Morgan fingerprint density at radius 2 is 1.77 bits per heavy atom. The van der Waals surface area contributed by atoms with Crippen LogP contribution in [0.4, 0.5) is 5.00 Å². The van der Waals surface area contributed by atoms with Crippen LogP contribution in [0, 0.1) is 0 Å². The maximum Gasteiger partial charge on any atom is 0.257 e. The van der Waals surface area contributed by atoms with Crippen molar-refractivity contribution in [1.29, 1.82) is 0 Å². The van der Waals surface area contributed by atoms with Gasteiger partial charge in [-0.2, -0.15) is 0 Å². The highest BCUT2D eigenvalue weighted by Crippen LogP contribution is 2.39. The van der Waals surface area contributed by atoms with Crippen LogP contribution in [-0.2, 0) is 28.8 Å². The zero-order chi connectivity index (χ0) is 21.2. The Morgan fingerprint density at radius 1 is 1.00 bits per heavy atom. The maximum atomic E-state index is 13.4. The lowest BCUT2D eigenvalue weighted by atomic mass is 9.95. The summed E-state index contributed by atoms with van der Waals surface area (Å²) in [5.41, 5.74) is 2.86. The van der Waals surface area contributed by atoms with Crippen molar-refractivity contribution in [2.24, 2.45) is 0 Å². The summed E-state index contributed by atoms with van der Waals surface area (Å²) >= 11 is 1.59. The molecule has 2 aliphatic rings. The molecule has 0 radical (unpaired) electrons. The highest BCUT2D eigenvalue weighted by molar-refractivity contribution is 7.17. The summed E-state index contributed by atoms with van der Waals surface area (Å²) in [5, 5.41) is 6.04. The van der Waals surface area contributed by atoms with Crippen molar-refractivity contribution in [2.75, 3.05) is 31.6 Å². The number of nitrogens with one attached hydrogen (secondary N) is 1. The van der Waals surface area contributed by atoms with Crippen molar-refractivity contribution in [2.45, 2.75) is 32.1 Å². The fourth-order valence-electron chi connectivity index (χ4n) is 4.60. The van der Waals surface area contributed by atoms with Gasteiger partial charge >= 0.3 is 0 Å². The molecule has 6 heteroatoms. The van der Waals surface area contributed by atoms with Crippen LogP contribution in [0.1, 0.15) is 39.2 Å². The SMILES string of the molecule is O=C(Cc1cccc2ccccc12)Nc1sc2c(c1C(=O)N1CCOCC1)CCCC2. The first-order valence-electron chi connectivity index (χ1n) is 11.0. The van der Waals surface area contributed by atoms with E-state index < -0.39 is 0 Å². The predicted molar refractivity (Wildman–Crippen MR) is 124 cm³/mol. The molecule has 0 spiro atoms. The second-order valence-corrected chi connectivity index (χ2v) is 9.29. The first-order chi connectivity index (χ1) is 15.2. The normalized spacial score (nSPS) is 16.2. The summed E-state index contributed by atoms with van der Waals surface area (Å²) in [6.07, 6.45) is 4.42. The summed E-state index contributed by atoms with van der Waals surface area (Å²) in [6, 6.07) is 14.2. The number of carbonyl (C=O) groups excluding carboxylic acids is 2. The van der Waals surface area contributed by atoms with Crippen molar-refractivity contribution in [3.8, 4) is 0 Å². The lowest BCUT2D eigenvalue weighted by Gasteiger charge is -2.27. The summed E-state index contributed by atoms with van der Waals surface area (Å²) in [4.78, 5) is 29.5. The van der Waals surface area contributed by atoms with E-state index in [1.165, 1.54) is 4.88 Å². The molecule has 31 heavy (non-hydrogen) atoms. The quantitative estimate of drug-likeness (QED) is 0.661. The molecule has 1 fully saturated rings. The number of anilines is 1. The molecule has 1 aliphatic carbocycles. The van der Waals surface area contributed by atoms with Gasteiger partial charge in [-0.05, 0) is 47.6 Å². The third kappa shape index (κ3) is 4.10. The number of morpholine rings is 1. The van der Waals surface area contributed by atoms with Crippen molar-refractivity contribution >= 4 is 38.9 Å². The Kier molecular flexibility index (Phi) is 5.74. The van der Waals surface area contributed by atoms with E-state index in [-0.39, 0.29) is 18.2 Å². The van der Waals surface area contributed by atoms with Crippen LogP contribution in [-0.4, -0.2) is 43.0 Å². The molecule has 1 aliphatic heterocycles. The van der Waals surface area contributed by atoms with Gasteiger partial charge in [-0.3, -0.25) is 9.59 Å². The minimum atomic E-state index is -0.0778. The third-order valence-corrected chi connectivity index (χ3v) is 7.37. The molecule has 0 atom stereocenters. The van der Waals surface area contributed by atoms with Gasteiger partial charge in [0.2, 0.25) is 5.91 Å². The van der Waals surface area contributed by atoms with Gasteiger partial charge in [0.25, 0.3) is 5.91 Å². The van der Waals surface area contributed by atoms with Crippen LogP contribution in [0.15, 0.2) is 42.5 Å². The standard InChI is InChI=1S/C25H26N2O3S/c28-22(16-18-8-5-7-17-6-1-2-9-19(17)18)26-24-23(20-10-3-4-11-21(20)31-24)25(29)27-12-14-30-15-13-27/h1-2,5-9H,3-4,10-16H2,(H,26,28). The largest absolute Gasteiger partial charge is 0.378 e. The molecule has 1 N–H and O–H groups in total. The Bertz CT molecular complexity index is 1130. The number of rotatable bonds is 4. The highest BCUT2D eigenvalue weighted by Gasteiger charge is 2.30. The summed E-state index contributed by atoms with van der Waals surface area (Å²) in [5.74, 6) is -0.0471. The Balaban J connectivity index is 1.42. The van der Waals surface area contributed by atoms with Crippen molar-refractivity contribution < 1.29 is 14.3 Å². The summed E-state index contributed by atoms with van der Waals surface area (Å²) in [7, 11) is 0. The lowest BCUT2D eigenvalue weighted by Crippen LogP contribution is -2.41. The minimum Gasteiger partial charge on any atom is -0.378 e. The number of benzene rings is 2. The maximum absolute atomic E-state index is 13.4. The van der Waals surface area contributed by atoms with Gasteiger partial charge in [0.05, 0.1) is 25.2 Å². The molecule has 2 aromatic carbocycles. The molecule has 1 aromatic heterocycles. The van der Waals surface area contributed by atoms with Crippen molar-refractivity contribution in [1.82, 2.24) is 4.90 Å². The lowest BCUT2D eigenvalue weighted by molar-refractivity contribution is -0.115. The van der Waals surface area contributed by atoms with Crippen molar-refractivity contribution in [3.05, 3.63) is 64.0 Å². The third-order valence-electron chi connectivity index (χ3n) is 6.17. The average Bonchev–Trinajstić information content (AvgIpc) is 3.17. The van der Waals surface area contributed by atoms with Crippen LogP contribution in [0.5, 0.6) is 0 Å². The molecule has 3 aromatic rings. The number of thiophene rings is 1. The van der Waals surface area contributed by atoms with Crippen molar-refractivity contribution in [3.63, 3.8) is 0 Å². The molecular weight excluding hydrogens is 408 g/mol. The Morgan fingerprint density at radius 3 is 2.65 bits per heavy atom. The molecule has 0 saturated carbocycles. The molecule has 5 nitrogen and oxygen atoms in total. The molecule has 5 rings (SSSR count). The number of ether oxygens (including phenoxy) is 1. The second-order valence-electron chi connectivity index (χ2n) is 8.18. The van der Waals surface area contributed by atoms with Crippen LogP contribution in [0.2, 0.25) is 0 Å². The van der Waals surface area contributed by atoms with Gasteiger partial charge < -0.3 is 15.0 Å². The van der Waals surface area contributed by atoms with Gasteiger partial charge in [0.1, 0.15) is 5.00 Å². The highest BCUT2D eigenvalue weighted by atomic mass is 32.1. The molecule has 2 amide bonds. The van der Waals surface area contributed by atoms with E-state index in [9.17, 15) is 9.59 Å². The van der Waals surface area contributed by atoms with Gasteiger partial charge in [-0.1, -0.05) is 42.5 Å². The van der Waals surface area contributed by atoms with Crippen LogP contribution in [0.25, 0.3) is 10.8 Å². The number of carbonyl (C=O) groups is 2. The number of hydrogen-bond acceptors (Lipinski definition) is 4. The van der Waals surface area contributed by atoms with E-state index in [4.69, 9.17) is 4.74 Å². The van der Waals surface area contributed by atoms with Crippen LogP contribution < -0.4 is 5.32 Å². The van der Waals surface area contributed by atoms with Gasteiger partial charge in [0.15, 0.2) is 0 Å². The summed E-state index contributed by atoms with van der Waals surface area (Å²) in [6.45, 7) is 2.35. The number of aryl methyl sites for hydroxylation is 1. The van der Waals surface area contributed by atoms with E-state index in [1.54, 1.807) is 11.3 Å². The first-order valence-corrected chi connectivity index (χ1v) is 11.8. The van der Waals surface area contributed by atoms with Crippen LogP contribution in [0.3, 0.4) is 0 Å². The predicted octanol–water partition coefficient (Wildman–Crippen LogP) is 4.43. The molecule has 160 valence electrons. The number of fused-ring (bicyclic) bond motifs is 2. The fraction of sp³-hybridized carbons (Fsp3) is 0.360. The van der Waals surface area contributed by atoms with E-state index >= 15 is 0 Å². The summed E-state index contributed by atoms with van der Waals surface area (Å²) < 4.78 is 5.42. The Labute approximate surface area is 186 Å².